The highest BCUT2D eigenvalue weighted by Gasteiger charge is 2.40. The molecule has 1 aromatic rings. The summed E-state index contributed by atoms with van der Waals surface area (Å²) in [5.74, 6) is 0. The van der Waals surface area contributed by atoms with E-state index in [4.69, 9.17) is 4.74 Å². The van der Waals surface area contributed by atoms with E-state index in [1.54, 1.807) is 30.3 Å². The summed E-state index contributed by atoms with van der Waals surface area (Å²) in [5, 5.41) is 9.83. The molecule has 0 saturated heterocycles. The Kier molecular flexibility index (Phi) is 7.85. The minimum Gasteiger partial charge on any atom is -0.389 e. The molecule has 3 nitrogen and oxygen atoms in total. The van der Waals surface area contributed by atoms with Crippen LogP contribution in [0, 0.1) is 0 Å². The molecule has 0 aliphatic carbocycles. The van der Waals surface area contributed by atoms with E-state index in [0.717, 1.165) is 13.1 Å². The van der Waals surface area contributed by atoms with Crippen LogP contribution in [0.15, 0.2) is 30.3 Å². The molecular weight excluding hydrogens is 295 g/mol. The second-order valence-electron chi connectivity index (χ2n) is 5.19. The fourth-order valence-corrected chi connectivity index (χ4v) is 2.16. The van der Waals surface area contributed by atoms with Crippen LogP contribution in [0.25, 0.3) is 0 Å². The quantitative estimate of drug-likeness (QED) is 0.760. The van der Waals surface area contributed by atoms with Gasteiger partial charge in [0.05, 0.1) is 12.7 Å². The number of halogens is 3. The maximum Gasteiger partial charge on any atom is 0.414 e. The van der Waals surface area contributed by atoms with Gasteiger partial charge in [-0.05, 0) is 18.7 Å². The van der Waals surface area contributed by atoms with Gasteiger partial charge in [0.15, 0.2) is 6.10 Å². The standard InChI is InChI=1S/C16H24F3NO2/c1-3-20(4-2)11-14(21)12-22-15(16(17,18)19)10-13-8-6-5-7-9-13/h5-9,14-15,21H,3-4,10-12H2,1-2H3. The third-order valence-electron chi connectivity index (χ3n) is 3.48. The monoisotopic (exact) mass is 319 g/mol. The van der Waals surface area contributed by atoms with E-state index in [1.807, 2.05) is 18.7 Å². The molecule has 0 radical (unpaired) electrons. The van der Waals surface area contributed by atoms with E-state index in [2.05, 4.69) is 0 Å². The lowest BCUT2D eigenvalue weighted by atomic mass is 10.1. The smallest absolute Gasteiger partial charge is 0.389 e. The maximum atomic E-state index is 13.0. The number of aliphatic hydroxyl groups is 1. The maximum absolute atomic E-state index is 13.0. The third-order valence-corrected chi connectivity index (χ3v) is 3.48. The van der Waals surface area contributed by atoms with E-state index in [9.17, 15) is 18.3 Å². The molecule has 0 aromatic heterocycles. The molecule has 2 atom stereocenters. The van der Waals surface area contributed by atoms with Crippen LogP contribution in [0.5, 0.6) is 0 Å². The summed E-state index contributed by atoms with van der Waals surface area (Å²) in [6.07, 6.45) is -7.53. The van der Waals surface area contributed by atoms with Gasteiger partial charge in [-0.1, -0.05) is 44.2 Å². The van der Waals surface area contributed by atoms with Crippen LogP contribution in [0.4, 0.5) is 13.2 Å². The Labute approximate surface area is 129 Å². The van der Waals surface area contributed by atoms with Crippen LogP contribution in [0.3, 0.4) is 0 Å². The van der Waals surface area contributed by atoms with Gasteiger partial charge in [-0.3, -0.25) is 0 Å². The number of likely N-dealkylation sites (N-methyl/N-ethyl adjacent to an activating group) is 1. The Morgan fingerprint density at radius 2 is 1.73 bits per heavy atom. The zero-order chi connectivity index (χ0) is 16.6. The summed E-state index contributed by atoms with van der Waals surface area (Å²) in [4.78, 5) is 1.94. The Hall–Kier alpha value is -1.11. The van der Waals surface area contributed by atoms with Crippen LogP contribution < -0.4 is 0 Å². The summed E-state index contributed by atoms with van der Waals surface area (Å²) in [6.45, 7) is 5.33. The summed E-state index contributed by atoms with van der Waals surface area (Å²) >= 11 is 0. The lowest BCUT2D eigenvalue weighted by Crippen LogP contribution is -2.39. The number of nitrogens with zero attached hydrogens (tertiary/aromatic N) is 1. The van der Waals surface area contributed by atoms with Crippen molar-refractivity contribution in [3.05, 3.63) is 35.9 Å². The van der Waals surface area contributed by atoms with Gasteiger partial charge in [0.25, 0.3) is 0 Å². The minimum absolute atomic E-state index is 0.248. The van der Waals surface area contributed by atoms with E-state index in [0.29, 0.717) is 12.1 Å². The Balaban J connectivity index is 2.55. The first kappa shape index (κ1) is 18.9. The number of benzene rings is 1. The number of hydrogen-bond acceptors (Lipinski definition) is 3. The summed E-state index contributed by atoms with van der Waals surface area (Å²) < 4.78 is 44.1. The molecule has 126 valence electrons. The first-order valence-electron chi connectivity index (χ1n) is 7.49. The van der Waals surface area contributed by atoms with Crippen LogP contribution in [0.1, 0.15) is 19.4 Å². The number of hydrogen-bond donors (Lipinski definition) is 1. The van der Waals surface area contributed by atoms with Gasteiger partial charge in [0.2, 0.25) is 0 Å². The lowest BCUT2D eigenvalue weighted by molar-refractivity contribution is -0.225. The normalized spacial score (nSPS) is 15.0. The van der Waals surface area contributed by atoms with Crippen LogP contribution >= 0.6 is 0 Å². The SMILES string of the molecule is CCN(CC)CC(O)COC(Cc1ccccc1)C(F)(F)F. The van der Waals surface area contributed by atoms with Crippen LogP contribution in [-0.2, 0) is 11.2 Å². The number of ether oxygens (including phenoxy) is 1. The van der Waals surface area contributed by atoms with E-state index < -0.39 is 18.4 Å². The molecule has 1 rings (SSSR count). The molecule has 0 fully saturated rings. The second-order valence-corrected chi connectivity index (χ2v) is 5.19. The van der Waals surface area contributed by atoms with Gasteiger partial charge >= 0.3 is 6.18 Å². The molecule has 22 heavy (non-hydrogen) atoms. The van der Waals surface area contributed by atoms with Gasteiger partial charge < -0.3 is 14.7 Å². The first-order valence-corrected chi connectivity index (χ1v) is 7.49. The van der Waals surface area contributed by atoms with E-state index >= 15 is 0 Å². The molecule has 2 unspecified atom stereocenters. The zero-order valence-electron chi connectivity index (χ0n) is 13.0. The summed E-state index contributed by atoms with van der Waals surface area (Å²) in [7, 11) is 0. The molecule has 0 bridgehead atoms. The molecule has 0 heterocycles. The predicted molar refractivity (Wildman–Crippen MR) is 79.7 cm³/mol. The third kappa shape index (κ3) is 6.77. The number of rotatable bonds is 9. The topological polar surface area (TPSA) is 32.7 Å². The molecular formula is C16H24F3NO2. The summed E-state index contributed by atoms with van der Waals surface area (Å²) in [5.41, 5.74) is 0.558. The van der Waals surface area contributed by atoms with Gasteiger partial charge in [-0.2, -0.15) is 13.2 Å². The predicted octanol–water partition coefficient (Wildman–Crippen LogP) is 2.88. The molecule has 0 amide bonds. The number of aliphatic hydroxyl groups excluding tert-OH is 1. The summed E-state index contributed by atoms with van der Waals surface area (Å²) in [6, 6.07) is 8.40. The zero-order valence-corrected chi connectivity index (χ0v) is 13.0. The highest BCUT2D eigenvalue weighted by atomic mass is 19.4. The number of alkyl halides is 3. The minimum atomic E-state index is -4.45. The van der Waals surface area contributed by atoms with Gasteiger partial charge in [0.1, 0.15) is 0 Å². The molecule has 0 aliphatic rings. The van der Waals surface area contributed by atoms with E-state index in [-0.39, 0.29) is 13.0 Å². The first-order chi connectivity index (χ1) is 10.4. The van der Waals surface area contributed by atoms with Gasteiger partial charge in [-0.15, -0.1) is 0 Å². The highest BCUT2D eigenvalue weighted by molar-refractivity contribution is 5.15. The molecule has 6 heteroatoms. The van der Waals surface area contributed by atoms with Crippen molar-refractivity contribution >= 4 is 0 Å². The average Bonchev–Trinajstić information content (AvgIpc) is 2.48. The molecule has 0 aliphatic heterocycles. The van der Waals surface area contributed by atoms with Crippen molar-refractivity contribution in [2.45, 2.75) is 38.7 Å². The van der Waals surface area contributed by atoms with Gasteiger partial charge in [0, 0.05) is 13.0 Å². The van der Waals surface area contributed by atoms with Crippen LogP contribution in [0.2, 0.25) is 0 Å². The molecule has 1 aromatic carbocycles. The van der Waals surface area contributed by atoms with Gasteiger partial charge in [-0.25, -0.2) is 0 Å². The van der Waals surface area contributed by atoms with Crippen molar-refractivity contribution in [2.75, 3.05) is 26.2 Å². The fraction of sp³-hybridized carbons (Fsp3) is 0.625. The molecule has 1 N–H and O–H groups in total. The van der Waals surface area contributed by atoms with Crippen molar-refractivity contribution in [3.63, 3.8) is 0 Å². The molecule has 0 saturated carbocycles. The second kappa shape index (κ2) is 9.12. The van der Waals surface area contributed by atoms with Crippen LogP contribution in [-0.4, -0.2) is 54.6 Å². The van der Waals surface area contributed by atoms with Crippen molar-refractivity contribution in [3.8, 4) is 0 Å². The Morgan fingerprint density at radius 3 is 2.23 bits per heavy atom. The van der Waals surface area contributed by atoms with Crippen molar-refractivity contribution in [2.24, 2.45) is 0 Å². The molecule has 0 spiro atoms. The lowest BCUT2D eigenvalue weighted by Gasteiger charge is -2.25. The van der Waals surface area contributed by atoms with Crippen molar-refractivity contribution in [1.82, 2.24) is 4.90 Å². The van der Waals surface area contributed by atoms with Crippen molar-refractivity contribution in [1.29, 1.82) is 0 Å². The highest BCUT2D eigenvalue weighted by Crippen LogP contribution is 2.26. The average molecular weight is 319 g/mol. The fourth-order valence-electron chi connectivity index (χ4n) is 2.16. The Bertz CT molecular complexity index is 408. The Morgan fingerprint density at radius 1 is 1.14 bits per heavy atom. The van der Waals surface area contributed by atoms with Crippen molar-refractivity contribution < 1.29 is 23.0 Å². The largest absolute Gasteiger partial charge is 0.414 e. The van der Waals surface area contributed by atoms with E-state index in [1.165, 1.54) is 0 Å².